The van der Waals surface area contributed by atoms with Gasteiger partial charge in [0.15, 0.2) is 0 Å². The van der Waals surface area contributed by atoms with E-state index in [1.54, 1.807) is 18.2 Å². The van der Waals surface area contributed by atoms with Gasteiger partial charge in [-0.1, -0.05) is 48.5 Å². The molecule has 9 nitrogen and oxygen atoms in total. The zero-order valence-electron chi connectivity index (χ0n) is 23.4. The molecule has 3 N–H and O–H groups in total. The zero-order chi connectivity index (χ0) is 28.7. The number of ether oxygens (including phenoxy) is 3. The summed E-state index contributed by atoms with van der Waals surface area (Å²) < 4.78 is 17.0. The van der Waals surface area contributed by atoms with Crippen LogP contribution in [-0.4, -0.2) is 66.6 Å². The van der Waals surface area contributed by atoms with Crippen molar-refractivity contribution >= 4 is 23.4 Å². The van der Waals surface area contributed by atoms with Gasteiger partial charge in [-0.15, -0.1) is 0 Å². The number of carbonyl (C=O) groups excluding carboxylic acids is 2. The average Bonchev–Trinajstić information content (AvgIpc) is 3.75. The van der Waals surface area contributed by atoms with Crippen LogP contribution in [0.15, 0.2) is 66.7 Å². The number of hydrogen-bond acceptors (Lipinski definition) is 7. The van der Waals surface area contributed by atoms with Crippen LogP contribution in [0.4, 0.5) is 16.2 Å². The molecule has 0 spiro atoms. The van der Waals surface area contributed by atoms with Crippen molar-refractivity contribution in [1.29, 1.82) is 0 Å². The van der Waals surface area contributed by atoms with E-state index >= 15 is 0 Å². The molecule has 3 aromatic rings. The molecular formula is C32H35N3O6. The first-order valence-corrected chi connectivity index (χ1v) is 14.0. The second-order valence-electron chi connectivity index (χ2n) is 11.1. The van der Waals surface area contributed by atoms with Gasteiger partial charge in [-0.05, 0) is 37.2 Å². The number of rotatable bonds is 8. The summed E-state index contributed by atoms with van der Waals surface area (Å²) in [6, 6.07) is 21.2. The lowest BCUT2D eigenvalue weighted by Gasteiger charge is -2.37. The van der Waals surface area contributed by atoms with Crippen molar-refractivity contribution in [3.63, 3.8) is 0 Å². The normalized spacial score (nSPS) is 25.1. The monoisotopic (exact) mass is 557 g/mol. The van der Waals surface area contributed by atoms with E-state index in [9.17, 15) is 14.7 Å². The Morgan fingerprint density at radius 2 is 1.76 bits per heavy atom. The molecule has 3 fully saturated rings. The summed E-state index contributed by atoms with van der Waals surface area (Å²) in [6.45, 7) is 1.66. The third-order valence-electron chi connectivity index (χ3n) is 8.63. The van der Waals surface area contributed by atoms with E-state index in [1.165, 1.54) is 7.11 Å². The highest BCUT2D eigenvalue weighted by Crippen LogP contribution is 2.48. The zero-order valence-corrected chi connectivity index (χ0v) is 23.4. The molecule has 9 heteroatoms. The van der Waals surface area contributed by atoms with Crippen LogP contribution in [0, 0.1) is 0 Å². The summed E-state index contributed by atoms with van der Waals surface area (Å²) in [6.07, 6.45) is 1.38. The maximum Gasteiger partial charge on any atom is 0.411 e. The highest BCUT2D eigenvalue weighted by molar-refractivity contribution is 5.97. The highest BCUT2D eigenvalue weighted by atomic mass is 16.6. The minimum Gasteiger partial charge on any atom is -0.496 e. The number of hydrogen-bond donors (Lipinski definition) is 3. The van der Waals surface area contributed by atoms with Gasteiger partial charge in [0, 0.05) is 47.8 Å². The Kier molecular flexibility index (Phi) is 7.42. The molecule has 6 rings (SSSR count). The number of morpholine rings is 1. The van der Waals surface area contributed by atoms with Crippen molar-refractivity contribution in [2.24, 2.45) is 0 Å². The lowest BCUT2D eigenvalue weighted by Crippen LogP contribution is -2.48. The predicted molar refractivity (Wildman–Crippen MR) is 155 cm³/mol. The SMILES string of the molecule is COc1cc(NC(=O)C(C)c2ccc(-c3ccccc3)c(NC(=O)OC3CC4C5OC5C(C3)N4C)c2)ccc1CO. The van der Waals surface area contributed by atoms with Gasteiger partial charge < -0.3 is 24.6 Å². The first kappa shape index (κ1) is 27.3. The van der Waals surface area contributed by atoms with Gasteiger partial charge in [0.05, 0.1) is 25.3 Å². The second kappa shape index (κ2) is 11.2. The number of epoxide rings is 1. The van der Waals surface area contributed by atoms with Crippen LogP contribution in [0.5, 0.6) is 5.75 Å². The first-order chi connectivity index (χ1) is 19.9. The Balaban J connectivity index is 1.19. The summed E-state index contributed by atoms with van der Waals surface area (Å²) in [7, 11) is 3.64. The van der Waals surface area contributed by atoms with Crippen LogP contribution in [0.1, 0.15) is 36.8 Å². The number of nitrogens with zero attached hydrogens (tertiary/aromatic N) is 1. The van der Waals surface area contributed by atoms with Crippen molar-refractivity contribution in [2.75, 3.05) is 24.8 Å². The highest BCUT2D eigenvalue weighted by Gasteiger charge is 2.62. The van der Waals surface area contributed by atoms with Crippen molar-refractivity contribution < 1.29 is 28.9 Å². The van der Waals surface area contributed by atoms with Crippen LogP contribution < -0.4 is 15.4 Å². The Hall–Kier alpha value is -3.92. The number of anilines is 2. The molecule has 3 heterocycles. The Morgan fingerprint density at radius 1 is 1.02 bits per heavy atom. The van der Waals surface area contributed by atoms with Gasteiger partial charge in [-0.3, -0.25) is 15.0 Å². The van der Waals surface area contributed by atoms with E-state index in [2.05, 4.69) is 22.6 Å². The van der Waals surface area contributed by atoms with Gasteiger partial charge in [-0.2, -0.15) is 0 Å². The van der Waals surface area contributed by atoms with E-state index in [0.29, 0.717) is 34.8 Å². The topological polar surface area (TPSA) is 113 Å². The van der Waals surface area contributed by atoms with E-state index < -0.39 is 12.0 Å². The van der Waals surface area contributed by atoms with Crippen LogP contribution in [-0.2, 0) is 20.9 Å². The number of nitrogens with one attached hydrogen (secondary N) is 2. The molecule has 3 aliphatic heterocycles. The van der Waals surface area contributed by atoms with Crippen LogP contribution in [0.25, 0.3) is 11.1 Å². The van der Waals surface area contributed by atoms with Gasteiger partial charge in [0.1, 0.15) is 24.1 Å². The number of methoxy groups -OCH3 is 1. The van der Waals surface area contributed by atoms with Gasteiger partial charge >= 0.3 is 6.09 Å². The molecular weight excluding hydrogens is 522 g/mol. The van der Waals surface area contributed by atoms with E-state index in [4.69, 9.17) is 14.2 Å². The molecule has 214 valence electrons. The number of fused-ring (bicyclic) bond motifs is 5. The van der Waals surface area contributed by atoms with E-state index in [1.807, 2.05) is 55.5 Å². The summed E-state index contributed by atoms with van der Waals surface area (Å²) in [5.41, 5.74) is 4.29. The Bertz CT molecular complexity index is 1430. The van der Waals surface area contributed by atoms with Crippen molar-refractivity contribution in [3.8, 4) is 16.9 Å². The predicted octanol–water partition coefficient (Wildman–Crippen LogP) is 4.76. The van der Waals surface area contributed by atoms with Crippen molar-refractivity contribution in [3.05, 3.63) is 77.9 Å². The molecule has 0 aliphatic carbocycles. The van der Waals surface area contributed by atoms with Gasteiger partial charge in [0.25, 0.3) is 0 Å². The Labute approximate surface area is 239 Å². The lowest BCUT2D eigenvalue weighted by molar-refractivity contribution is -0.117. The average molecular weight is 558 g/mol. The summed E-state index contributed by atoms with van der Waals surface area (Å²) >= 11 is 0. The molecule has 41 heavy (non-hydrogen) atoms. The number of aliphatic hydroxyl groups excluding tert-OH is 1. The van der Waals surface area contributed by atoms with Crippen LogP contribution in [0.2, 0.25) is 0 Å². The smallest absolute Gasteiger partial charge is 0.411 e. The fourth-order valence-electron chi connectivity index (χ4n) is 6.25. The molecule has 5 unspecified atom stereocenters. The van der Waals surface area contributed by atoms with Gasteiger partial charge in [-0.25, -0.2) is 4.79 Å². The number of piperidine rings is 1. The summed E-state index contributed by atoms with van der Waals surface area (Å²) in [5.74, 6) is -0.235. The fourth-order valence-corrected chi connectivity index (χ4v) is 6.25. The van der Waals surface area contributed by atoms with E-state index in [0.717, 1.165) is 29.5 Å². The number of likely N-dealkylation sites (N-methyl/N-ethyl adjacent to an activating group) is 1. The number of aliphatic hydroxyl groups is 1. The van der Waals surface area contributed by atoms with Crippen LogP contribution >= 0.6 is 0 Å². The molecule has 0 saturated carbocycles. The molecule has 3 aliphatic rings. The first-order valence-electron chi connectivity index (χ1n) is 14.0. The third kappa shape index (κ3) is 5.40. The molecule has 0 aromatic heterocycles. The molecule has 2 amide bonds. The maximum absolute atomic E-state index is 13.2. The minimum atomic E-state index is -0.517. The quantitative estimate of drug-likeness (QED) is 0.343. The number of carbonyl (C=O) groups is 2. The molecule has 3 saturated heterocycles. The maximum atomic E-state index is 13.2. The summed E-state index contributed by atoms with van der Waals surface area (Å²) in [5, 5.41) is 15.4. The number of amides is 2. The second-order valence-corrected chi connectivity index (χ2v) is 11.1. The number of benzene rings is 3. The van der Waals surface area contributed by atoms with Crippen molar-refractivity contribution in [2.45, 2.75) is 62.7 Å². The van der Waals surface area contributed by atoms with Crippen LogP contribution in [0.3, 0.4) is 0 Å². The molecule has 2 bridgehead atoms. The Morgan fingerprint density at radius 3 is 2.44 bits per heavy atom. The fraction of sp³-hybridized carbons (Fsp3) is 0.375. The van der Waals surface area contributed by atoms with Gasteiger partial charge in [0.2, 0.25) is 5.91 Å². The molecule has 5 atom stereocenters. The molecule has 0 radical (unpaired) electrons. The summed E-state index contributed by atoms with van der Waals surface area (Å²) in [4.78, 5) is 28.7. The van der Waals surface area contributed by atoms with Crippen molar-refractivity contribution in [1.82, 2.24) is 4.90 Å². The minimum absolute atomic E-state index is 0.159. The standard InChI is InChI=1S/C32H35N3O6/c1-18(31(37)33-22-11-9-21(17-36)28(14-22)39-3)20-10-12-24(19-7-5-4-6-8-19)25(13-20)34-32(38)40-23-15-26-29-30(41-29)27(16-23)35(26)2/h4-14,18,23,26-27,29-30,36H,15-17H2,1-3H3,(H,33,37)(H,34,38). The lowest BCUT2D eigenvalue weighted by atomic mass is 9.95. The molecule has 3 aromatic carbocycles. The third-order valence-corrected chi connectivity index (χ3v) is 8.63. The largest absolute Gasteiger partial charge is 0.496 e. The van der Waals surface area contributed by atoms with E-state index in [-0.39, 0.29) is 30.8 Å².